The number of H-pyrrole nitrogens is 1. The van der Waals surface area contributed by atoms with Gasteiger partial charge in [-0.15, -0.1) is 0 Å². The number of anilines is 1. The fraction of sp³-hybridized carbons (Fsp3) is 0.460. The molecule has 2 aliphatic heterocycles. The maximum atomic E-state index is 16.0. The Labute approximate surface area is 525 Å². The number of carbonyl (C=O) groups excluding carboxylic acids is 5. The van der Waals surface area contributed by atoms with Gasteiger partial charge in [-0.2, -0.15) is 4.98 Å². The predicted octanol–water partition coefficient (Wildman–Crippen LogP) is 7.20. The van der Waals surface area contributed by atoms with Gasteiger partial charge >= 0.3 is 31.6 Å². The third-order valence-electron chi connectivity index (χ3n) is 14.5. The lowest BCUT2D eigenvalue weighted by molar-refractivity contribution is -0.309. The molecule has 490 valence electrons. The number of para-hydroxylation sites is 1. The number of amides is 1. The molecular formula is C63H77N6O21P. The van der Waals surface area contributed by atoms with E-state index in [1.165, 1.54) is 10.9 Å². The van der Waals surface area contributed by atoms with Crippen molar-refractivity contribution in [1.82, 2.24) is 24.2 Å². The molecule has 8 rings (SSSR count). The fourth-order valence-electron chi connectivity index (χ4n) is 10.8. The number of carbonyl (C=O) groups is 5. The number of nitrogens with one attached hydrogen (secondary N) is 2. The van der Waals surface area contributed by atoms with Gasteiger partial charge in [-0.25, -0.2) is 14.2 Å². The lowest BCUT2D eigenvalue weighted by Crippen LogP contribution is -2.63. The summed E-state index contributed by atoms with van der Waals surface area (Å²) in [5.41, 5.74) is 0.148. The molecule has 2 fully saturated rings. The Balaban J connectivity index is 1.08. The second-order valence-electron chi connectivity index (χ2n) is 21.6. The Morgan fingerprint density at radius 2 is 1.26 bits per heavy atom. The summed E-state index contributed by atoms with van der Waals surface area (Å²) in [7, 11) is -1.28. The van der Waals surface area contributed by atoms with Gasteiger partial charge in [0.1, 0.15) is 54.0 Å². The first-order chi connectivity index (χ1) is 43.6. The molecule has 4 heterocycles. The van der Waals surface area contributed by atoms with Crippen LogP contribution in [-0.4, -0.2) is 169 Å². The Morgan fingerprint density at radius 1 is 0.692 bits per heavy atom. The normalized spacial score (nSPS) is 20.6. The quantitative estimate of drug-likeness (QED) is 0.0143. The zero-order valence-corrected chi connectivity index (χ0v) is 53.1. The molecule has 2 aliphatic rings. The molecule has 2 N–H and O–H groups in total. The average Bonchev–Trinajstić information content (AvgIpc) is 1.68. The Bertz CT molecular complexity index is 3440. The van der Waals surface area contributed by atoms with Crippen LogP contribution >= 0.6 is 7.75 Å². The van der Waals surface area contributed by atoms with Crippen molar-refractivity contribution in [3.63, 3.8) is 0 Å². The van der Waals surface area contributed by atoms with Crippen LogP contribution in [0, 0.1) is 0 Å². The number of hydrogen-bond acceptors (Lipinski definition) is 23. The molecule has 2 aromatic heterocycles. The molecule has 0 radical (unpaired) electrons. The fourth-order valence-corrected chi connectivity index (χ4v) is 13.1. The molecule has 0 spiro atoms. The van der Waals surface area contributed by atoms with Crippen LogP contribution in [-0.2, 0) is 85.8 Å². The summed E-state index contributed by atoms with van der Waals surface area (Å²) >= 11 is 0. The first-order valence-corrected chi connectivity index (χ1v) is 30.9. The summed E-state index contributed by atoms with van der Waals surface area (Å²) in [5, 5.41) is 2.60. The van der Waals surface area contributed by atoms with Crippen LogP contribution in [0.25, 0.3) is 11.2 Å². The molecule has 9 atom stereocenters. The number of hydrogen-bond donors (Lipinski definition) is 2. The van der Waals surface area contributed by atoms with E-state index in [9.17, 15) is 28.8 Å². The van der Waals surface area contributed by atoms with Crippen molar-refractivity contribution in [3.8, 4) is 17.2 Å². The van der Waals surface area contributed by atoms with E-state index in [2.05, 4.69) is 20.3 Å². The van der Waals surface area contributed by atoms with Crippen molar-refractivity contribution in [2.75, 3.05) is 65.8 Å². The summed E-state index contributed by atoms with van der Waals surface area (Å²) in [6.45, 7) is 9.98. The Morgan fingerprint density at radius 3 is 1.85 bits per heavy atom. The largest absolute Gasteiger partial charge is 0.497 e. The standard InChI is InChI=1S/C63H77N6O21P/c1-38(2)69(39(3)4)91(76,84-32-30-79-29-31-80-61-58(87-43(8)73)57(86-42(7)72)56(85-41(6)71)52(89-61)34-81-40(5)70)90-50-33-54(68-37-64-55-59(68)66-62(67-60(55)75)65-53(74)36-82-49-19-15-12-16-20-49)88-51(50)35-83-63(44-17-13-11-14-18-44,45-21-25-47(77-9)26-22-45)46-23-27-48(78-10)28-24-46/h11-28,37-39,50-52,54,56-58,61H,29-36H2,1-10H3,(H2,65,66,67,74,75)/t50-,51+,52+,54+,56+,57-,58+,61+,91?/m0/s1. The summed E-state index contributed by atoms with van der Waals surface area (Å²) < 4.78 is 103. The highest BCUT2D eigenvalue weighted by Crippen LogP contribution is 2.57. The van der Waals surface area contributed by atoms with E-state index >= 15 is 4.57 Å². The van der Waals surface area contributed by atoms with Crippen LogP contribution in [0.15, 0.2) is 120 Å². The molecule has 0 saturated carbocycles. The topological polar surface area (TPSA) is 310 Å². The van der Waals surface area contributed by atoms with Crippen molar-refractivity contribution in [1.29, 1.82) is 0 Å². The number of benzene rings is 4. The lowest BCUT2D eigenvalue weighted by Gasteiger charge is -2.44. The van der Waals surface area contributed by atoms with Crippen LogP contribution in [0.5, 0.6) is 17.2 Å². The Hall–Kier alpha value is -8.11. The Kier molecular flexibility index (Phi) is 24.0. The zero-order valence-electron chi connectivity index (χ0n) is 52.2. The minimum absolute atomic E-state index is 0.0333. The second kappa shape index (κ2) is 31.8. The van der Waals surface area contributed by atoms with Crippen molar-refractivity contribution in [3.05, 3.63) is 143 Å². The summed E-state index contributed by atoms with van der Waals surface area (Å²) in [5.74, 6) is -2.19. The molecule has 1 unspecified atom stereocenters. The van der Waals surface area contributed by atoms with Crippen LogP contribution in [0.2, 0.25) is 0 Å². The maximum Gasteiger partial charge on any atom is 0.409 e. The molecule has 91 heavy (non-hydrogen) atoms. The van der Waals surface area contributed by atoms with Crippen molar-refractivity contribution in [2.45, 2.75) is 129 Å². The van der Waals surface area contributed by atoms with E-state index in [-0.39, 0.29) is 63.2 Å². The van der Waals surface area contributed by atoms with E-state index in [4.69, 9.17) is 65.9 Å². The van der Waals surface area contributed by atoms with Gasteiger partial charge < -0.3 is 56.8 Å². The number of imidazole rings is 1. The number of esters is 4. The molecule has 1 amide bonds. The van der Waals surface area contributed by atoms with Crippen molar-refractivity contribution in [2.24, 2.45) is 0 Å². The van der Waals surface area contributed by atoms with Crippen LogP contribution in [0.3, 0.4) is 0 Å². The van der Waals surface area contributed by atoms with Gasteiger partial charge in [0.2, 0.25) is 5.95 Å². The highest BCUT2D eigenvalue weighted by atomic mass is 31.2. The molecule has 6 aromatic rings. The van der Waals surface area contributed by atoms with Gasteiger partial charge in [0.15, 0.2) is 42.4 Å². The van der Waals surface area contributed by atoms with Crippen LogP contribution in [0.4, 0.5) is 5.95 Å². The first kappa shape index (κ1) is 68.8. The van der Waals surface area contributed by atoms with Crippen molar-refractivity contribution < 1.29 is 94.4 Å². The number of aromatic amines is 1. The van der Waals surface area contributed by atoms with Gasteiger partial charge in [-0.3, -0.25) is 52.7 Å². The van der Waals surface area contributed by atoms with Crippen LogP contribution in [0.1, 0.15) is 84.7 Å². The maximum absolute atomic E-state index is 16.0. The van der Waals surface area contributed by atoms with E-state index < -0.39 is 117 Å². The van der Waals surface area contributed by atoms with Gasteiger partial charge in [0.25, 0.3) is 11.5 Å². The number of rotatable bonds is 31. The molecule has 4 aromatic carbocycles. The second-order valence-corrected chi connectivity index (χ2v) is 23.5. The molecule has 0 bridgehead atoms. The average molecular weight is 1290 g/mol. The summed E-state index contributed by atoms with van der Waals surface area (Å²) in [6.07, 6.45) is -8.79. The highest BCUT2D eigenvalue weighted by molar-refractivity contribution is 7.51. The molecule has 28 heteroatoms. The number of nitrogens with zero attached hydrogens (tertiary/aromatic N) is 4. The molecule has 0 aliphatic carbocycles. The minimum Gasteiger partial charge on any atom is -0.497 e. The summed E-state index contributed by atoms with van der Waals surface area (Å²) in [6, 6.07) is 32.4. The van der Waals surface area contributed by atoms with Gasteiger partial charge in [0, 0.05) is 46.2 Å². The van der Waals surface area contributed by atoms with Gasteiger partial charge in [-0.1, -0.05) is 72.8 Å². The smallest absolute Gasteiger partial charge is 0.409 e. The molecule has 2 saturated heterocycles. The monoisotopic (exact) mass is 1280 g/mol. The summed E-state index contributed by atoms with van der Waals surface area (Å²) in [4.78, 5) is 87.3. The van der Waals surface area contributed by atoms with Gasteiger partial charge in [0.05, 0.1) is 53.6 Å². The van der Waals surface area contributed by atoms with Gasteiger partial charge in [-0.05, 0) is 80.8 Å². The highest BCUT2D eigenvalue weighted by Gasteiger charge is 2.53. The van der Waals surface area contributed by atoms with Crippen LogP contribution < -0.4 is 25.1 Å². The third-order valence-corrected chi connectivity index (χ3v) is 17.0. The number of methoxy groups -OCH3 is 2. The SMILES string of the molecule is COc1ccc(C(OC[C@H]2O[C@@H](n3cnc4c(=O)[nH]c(NC(=O)COc5ccccc5)nc43)C[C@@H]2OP(=O)(OCCOCCO[C@@H]2O[C@H](COC(C)=O)[C@@H](OC(C)=O)[C@H](OC(C)=O)[C@H]2OC(C)=O)N(C(C)C)C(C)C)(c2ccccc2)c2ccc(OC)cc2)cc1. The van der Waals surface area contributed by atoms with E-state index in [0.717, 1.165) is 33.3 Å². The zero-order chi connectivity index (χ0) is 65.4. The third kappa shape index (κ3) is 17.5. The number of fused-ring (bicyclic) bond motifs is 1. The van der Waals surface area contributed by atoms with E-state index in [1.807, 2.05) is 113 Å². The number of aromatic nitrogens is 4. The number of ether oxygens (including phenoxy) is 12. The lowest BCUT2D eigenvalue weighted by atomic mass is 9.80. The first-order valence-electron chi connectivity index (χ1n) is 29.4. The van der Waals surface area contributed by atoms with E-state index in [0.29, 0.717) is 28.4 Å². The minimum atomic E-state index is -4.43. The molecule has 27 nitrogen and oxygen atoms in total. The van der Waals surface area contributed by atoms with E-state index in [1.54, 1.807) is 43.2 Å². The van der Waals surface area contributed by atoms with Crippen molar-refractivity contribution >= 4 is 54.6 Å². The predicted molar refractivity (Wildman–Crippen MR) is 325 cm³/mol. The molecular weight excluding hydrogens is 1210 g/mol.